The Balaban J connectivity index is 2.12. The molecule has 1 fully saturated rings. The molecule has 0 aliphatic carbocycles. The van der Waals surface area contributed by atoms with Crippen LogP contribution < -0.4 is 5.48 Å². The molecule has 0 spiro atoms. The van der Waals surface area contributed by atoms with Gasteiger partial charge in [-0.05, 0) is 13.3 Å². The summed E-state index contributed by atoms with van der Waals surface area (Å²) in [7, 11) is 0. The van der Waals surface area contributed by atoms with Crippen LogP contribution in [0, 0.1) is 0 Å². The lowest BCUT2D eigenvalue weighted by Crippen LogP contribution is -2.28. The number of hydrogen-bond acceptors (Lipinski definition) is 3. The lowest BCUT2D eigenvalue weighted by atomic mass is 10.3. The summed E-state index contributed by atoms with van der Waals surface area (Å²) in [5.41, 5.74) is 2.78. The van der Waals surface area contributed by atoms with Crippen LogP contribution in [0.1, 0.15) is 13.3 Å². The summed E-state index contributed by atoms with van der Waals surface area (Å²) in [6.45, 7) is 4.36. The van der Waals surface area contributed by atoms with Crippen molar-refractivity contribution in [3.8, 4) is 0 Å². The molecule has 0 saturated carbocycles. The Morgan fingerprint density at radius 1 is 1.44 bits per heavy atom. The van der Waals surface area contributed by atoms with E-state index in [1.807, 2.05) is 0 Å². The molecular formula is C6H13NO2. The van der Waals surface area contributed by atoms with Gasteiger partial charge in [0.2, 0.25) is 0 Å². The summed E-state index contributed by atoms with van der Waals surface area (Å²) < 4.78 is 5.34. The van der Waals surface area contributed by atoms with E-state index in [-0.39, 0.29) is 0 Å². The SMILES string of the molecule is CC1CCONCCO1. The van der Waals surface area contributed by atoms with Crippen LogP contribution in [0.2, 0.25) is 0 Å². The average Bonchev–Trinajstić information content (AvgIpc) is 1.79. The fourth-order valence-electron chi connectivity index (χ4n) is 0.754. The summed E-state index contributed by atoms with van der Waals surface area (Å²) in [4.78, 5) is 5.01. The average molecular weight is 131 g/mol. The van der Waals surface area contributed by atoms with E-state index in [0.717, 1.165) is 26.2 Å². The van der Waals surface area contributed by atoms with E-state index in [2.05, 4.69) is 12.4 Å². The van der Waals surface area contributed by atoms with E-state index >= 15 is 0 Å². The minimum Gasteiger partial charge on any atom is -0.377 e. The van der Waals surface area contributed by atoms with Crippen LogP contribution in [0.3, 0.4) is 0 Å². The number of ether oxygens (including phenoxy) is 1. The summed E-state index contributed by atoms with van der Waals surface area (Å²) in [5.74, 6) is 0. The molecule has 9 heavy (non-hydrogen) atoms. The molecule has 0 bridgehead atoms. The van der Waals surface area contributed by atoms with Gasteiger partial charge < -0.3 is 9.57 Å². The molecule has 3 nitrogen and oxygen atoms in total. The van der Waals surface area contributed by atoms with Crippen LogP contribution in [0.5, 0.6) is 0 Å². The normalized spacial score (nSPS) is 31.0. The Hall–Kier alpha value is -0.120. The Morgan fingerprint density at radius 2 is 2.33 bits per heavy atom. The summed E-state index contributed by atoms with van der Waals surface area (Å²) in [6, 6.07) is 0. The molecule has 0 aromatic heterocycles. The van der Waals surface area contributed by atoms with Crippen LogP contribution in [-0.4, -0.2) is 25.9 Å². The largest absolute Gasteiger partial charge is 0.377 e. The van der Waals surface area contributed by atoms with Crippen molar-refractivity contribution in [2.24, 2.45) is 0 Å². The molecule has 1 atom stereocenters. The van der Waals surface area contributed by atoms with Crippen LogP contribution in [0.25, 0.3) is 0 Å². The molecule has 1 unspecified atom stereocenters. The van der Waals surface area contributed by atoms with Gasteiger partial charge in [0.1, 0.15) is 0 Å². The smallest absolute Gasteiger partial charge is 0.0706 e. The van der Waals surface area contributed by atoms with Gasteiger partial charge in [-0.2, -0.15) is 0 Å². The Labute approximate surface area is 55.3 Å². The number of rotatable bonds is 0. The summed E-state index contributed by atoms with van der Waals surface area (Å²) >= 11 is 0. The van der Waals surface area contributed by atoms with Crippen molar-refractivity contribution < 1.29 is 9.57 Å². The van der Waals surface area contributed by atoms with Gasteiger partial charge in [0.15, 0.2) is 0 Å². The van der Waals surface area contributed by atoms with Crippen LogP contribution in [0.15, 0.2) is 0 Å². The molecule has 1 aliphatic rings. The van der Waals surface area contributed by atoms with Gasteiger partial charge >= 0.3 is 0 Å². The minimum absolute atomic E-state index is 0.354. The highest BCUT2D eigenvalue weighted by molar-refractivity contribution is 4.51. The molecule has 1 N–H and O–H groups in total. The fourth-order valence-corrected chi connectivity index (χ4v) is 0.754. The standard InChI is InChI=1S/C6H13NO2/c1-6-2-4-9-7-3-5-8-6/h6-7H,2-5H2,1H3. The third-order valence-corrected chi connectivity index (χ3v) is 1.33. The Morgan fingerprint density at radius 3 is 3.22 bits per heavy atom. The Bertz CT molecular complexity index is 69.5. The maximum atomic E-state index is 5.34. The van der Waals surface area contributed by atoms with E-state index in [1.54, 1.807) is 0 Å². The highest BCUT2D eigenvalue weighted by Crippen LogP contribution is 1.98. The molecule has 1 heterocycles. The topological polar surface area (TPSA) is 30.5 Å². The van der Waals surface area contributed by atoms with Crippen LogP contribution in [0.4, 0.5) is 0 Å². The second kappa shape index (κ2) is 3.82. The van der Waals surface area contributed by atoms with Crippen LogP contribution in [-0.2, 0) is 9.57 Å². The van der Waals surface area contributed by atoms with Gasteiger partial charge in [-0.3, -0.25) is 0 Å². The predicted molar refractivity (Wildman–Crippen MR) is 34.0 cm³/mol. The van der Waals surface area contributed by atoms with E-state index in [9.17, 15) is 0 Å². The van der Waals surface area contributed by atoms with E-state index in [1.165, 1.54) is 0 Å². The maximum absolute atomic E-state index is 5.34. The first-order valence-electron chi connectivity index (χ1n) is 3.36. The zero-order valence-corrected chi connectivity index (χ0v) is 5.72. The highest BCUT2D eigenvalue weighted by atomic mass is 16.6. The molecule has 0 amide bonds. The lowest BCUT2D eigenvalue weighted by Gasteiger charge is -2.16. The number of hydrogen-bond donors (Lipinski definition) is 1. The van der Waals surface area contributed by atoms with Crippen molar-refractivity contribution in [3.05, 3.63) is 0 Å². The predicted octanol–water partition coefficient (Wildman–Crippen LogP) is 0.316. The fraction of sp³-hybridized carbons (Fsp3) is 1.00. The minimum atomic E-state index is 0.354. The van der Waals surface area contributed by atoms with Gasteiger partial charge in [-0.15, -0.1) is 0 Å². The third-order valence-electron chi connectivity index (χ3n) is 1.33. The van der Waals surface area contributed by atoms with Gasteiger partial charge in [0.25, 0.3) is 0 Å². The highest BCUT2D eigenvalue weighted by Gasteiger charge is 2.04. The zero-order chi connectivity index (χ0) is 6.53. The second-order valence-corrected chi connectivity index (χ2v) is 2.21. The molecule has 3 heteroatoms. The number of hydroxylamine groups is 1. The van der Waals surface area contributed by atoms with E-state index in [4.69, 9.17) is 9.57 Å². The quantitative estimate of drug-likeness (QED) is 0.513. The monoisotopic (exact) mass is 131 g/mol. The first kappa shape index (κ1) is 6.99. The van der Waals surface area contributed by atoms with Gasteiger partial charge in [-0.25, -0.2) is 5.48 Å². The van der Waals surface area contributed by atoms with Gasteiger partial charge in [0, 0.05) is 6.54 Å². The molecule has 0 aromatic carbocycles. The third kappa shape index (κ3) is 2.79. The second-order valence-electron chi connectivity index (χ2n) is 2.21. The van der Waals surface area contributed by atoms with Crippen molar-refractivity contribution in [2.75, 3.05) is 19.8 Å². The summed E-state index contributed by atoms with van der Waals surface area (Å²) in [6.07, 6.45) is 1.33. The molecular weight excluding hydrogens is 118 g/mol. The van der Waals surface area contributed by atoms with Crippen molar-refractivity contribution in [1.29, 1.82) is 0 Å². The van der Waals surface area contributed by atoms with Crippen molar-refractivity contribution in [1.82, 2.24) is 5.48 Å². The van der Waals surface area contributed by atoms with Crippen molar-refractivity contribution in [2.45, 2.75) is 19.4 Å². The molecule has 54 valence electrons. The van der Waals surface area contributed by atoms with Crippen LogP contribution >= 0.6 is 0 Å². The first-order valence-corrected chi connectivity index (χ1v) is 3.36. The molecule has 1 rings (SSSR count). The molecule has 1 saturated heterocycles. The van der Waals surface area contributed by atoms with E-state index in [0.29, 0.717) is 6.10 Å². The zero-order valence-electron chi connectivity index (χ0n) is 5.72. The Kier molecular flexibility index (Phi) is 2.97. The number of nitrogens with one attached hydrogen (secondary N) is 1. The van der Waals surface area contributed by atoms with Crippen molar-refractivity contribution >= 4 is 0 Å². The molecule has 0 radical (unpaired) electrons. The van der Waals surface area contributed by atoms with Gasteiger partial charge in [-0.1, -0.05) is 0 Å². The first-order chi connectivity index (χ1) is 4.39. The van der Waals surface area contributed by atoms with E-state index < -0.39 is 0 Å². The summed E-state index contributed by atoms with van der Waals surface area (Å²) in [5, 5.41) is 0. The molecule has 0 aromatic rings. The van der Waals surface area contributed by atoms with Crippen molar-refractivity contribution in [3.63, 3.8) is 0 Å². The molecule has 1 aliphatic heterocycles. The van der Waals surface area contributed by atoms with Gasteiger partial charge in [0.05, 0.1) is 19.3 Å². The lowest BCUT2D eigenvalue weighted by molar-refractivity contribution is -0.0432. The maximum Gasteiger partial charge on any atom is 0.0706 e.